The normalized spacial score (nSPS) is 10.8. The Morgan fingerprint density at radius 3 is 2.70 bits per heavy atom. The van der Waals surface area contributed by atoms with Crippen LogP contribution in [0, 0.1) is 21.0 Å². The average Bonchev–Trinajstić information content (AvgIpc) is 2.72. The van der Waals surface area contributed by atoms with Gasteiger partial charge in [0.2, 0.25) is 0 Å². The molecular weight excluding hydrogens is 518 g/mol. The summed E-state index contributed by atoms with van der Waals surface area (Å²) >= 11 is 1.89. The van der Waals surface area contributed by atoms with Gasteiger partial charge in [-0.15, -0.1) is 0 Å². The van der Waals surface area contributed by atoms with E-state index in [-0.39, 0.29) is 25.5 Å². The highest BCUT2D eigenvalue weighted by Gasteiger charge is 2.23. The average molecular weight is 535 g/mol. The molecule has 3 N–H and O–H groups in total. The van der Waals surface area contributed by atoms with E-state index < -0.39 is 40.2 Å². The highest BCUT2D eigenvalue weighted by Crippen LogP contribution is 2.30. The number of hydrogen-bond acceptors (Lipinski definition) is 6. The summed E-state index contributed by atoms with van der Waals surface area (Å²) in [5.41, 5.74) is 0.422. The van der Waals surface area contributed by atoms with Crippen molar-refractivity contribution in [2.24, 2.45) is 5.16 Å². The molecule has 0 bridgehead atoms. The van der Waals surface area contributed by atoms with E-state index in [4.69, 9.17) is 14.8 Å². The fourth-order valence-corrected chi connectivity index (χ4v) is 2.63. The Balaban J connectivity index is 2.48. The zero-order valence-corrected chi connectivity index (χ0v) is 17.6. The van der Waals surface area contributed by atoms with Crippen molar-refractivity contribution >= 4 is 46.1 Å². The molecular formula is C19H17F3IN3O4. The van der Waals surface area contributed by atoms with Gasteiger partial charge in [-0.25, -0.2) is 18.7 Å². The van der Waals surface area contributed by atoms with E-state index in [1.165, 1.54) is 18.2 Å². The van der Waals surface area contributed by atoms with Gasteiger partial charge >= 0.3 is 0 Å². The van der Waals surface area contributed by atoms with Crippen molar-refractivity contribution in [3.63, 3.8) is 0 Å². The molecule has 7 nitrogen and oxygen atoms in total. The van der Waals surface area contributed by atoms with Gasteiger partial charge in [-0.05, 0) is 46.9 Å². The summed E-state index contributed by atoms with van der Waals surface area (Å²) in [5, 5.41) is 14.6. The predicted octanol–water partition coefficient (Wildman–Crippen LogP) is 3.64. The van der Waals surface area contributed by atoms with E-state index in [2.05, 4.69) is 17.1 Å². The van der Waals surface area contributed by atoms with E-state index in [0.717, 1.165) is 12.3 Å². The number of nitrogens with one attached hydrogen (secondary N) is 2. The van der Waals surface area contributed by atoms with Gasteiger partial charge in [0, 0.05) is 9.13 Å². The number of hydrogen-bond donors (Lipinski definition) is 3. The summed E-state index contributed by atoms with van der Waals surface area (Å²) in [6.45, 7) is 2.85. The van der Waals surface area contributed by atoms with Crippen LogP contribution in [0.25, 0.3) is 0 Å². The van der Waals surface area contributed by atoms with Gasteiger partial charge in [0.05, 0.1) is 36.4 Å². The zero-order valence-electron chi connectivity index (χ0n) is 15.4. The van der Waals surface area contributed by atoms with Crippen molar-refractivity contribution in [2.45, 2.75) is 0 Å². The summed E-state index contributed by atoms with van der Waals surface area (Å²) < 4.78 is 44.1. The van der Waals surface area contributed by atoms with Crippen LogP contribution in [-0.2, 0) is 9.68 Å². The maximum Gasteiger partial charge on any atom is 0.277 e. The molecule has 0 aliphatic heterocycles. The highest BCUT2D eigenvalue weighted by molar-refractivity contribution is 14.1. The fourth-order valence-electron chi connectivity index (χ4n) is 2.17. The Morgan fingerprint density at radius 2 is 2.03 bits per heavy atom. The SMILES string of the molecule is C=CCO/N=C/c1cc(C(=O)NOCCO)c(Nc2ccc(I)cc2F)c(F)c1F. The van der Waals surface area contributed by atoms with Crippen LogP contribution in [0.15, 0.2) is 42.1 Å². The summed E-state index contributed by atoms with van der Waals surface area (Å²) in [4.78, 5) is 21.9. The first-order valence-corrected chi connectivity index (χ1v) is 9.50. The van der Waals surface area contributed by atoms with Crippen molar-refractivity contribution in [1.82, 2.24) is 5.48 Å². The molecule has 2 rings (SSSR count). The van der Waals surface area contributed by atoms with Crippen LogP contribution < -0.4 is 10.8 Å². The molecule has 0 saturated heterocycles. The molecule has 0 aromatic heterocycles. The topological polar surface area (TPSA) is 92.2 Å². The molecule has 0 fully saturated rings. The lowest BCUT2D eigenvalue weighted by Gasteiger charge is -2.15. The van der Waals surface area contributed by atoms with Crippen LogP contribution in [-0.4, -0.2) is 37.0 Å². The second-order valence-electron chi connectivity index (χ2n) is 5.59. The van der Waals surface area contributed by atoms with E-state index in [9.17, 15) is 18.0 Å². The molecule has 30 heavy (non-hydrogen) atoms. The third-order valence-electron chi connectivity index (χ3n) is 3.49. The van der Waals surface area contributed by atoms with E-state index in [1.807, 2.05) is 28.1 Å². The minimum atomic E-state index is -1.44. The van der Waals surface area contributed by atoms with Crippen molar-refractivity contribution in [2.75, 3.05) is 25.1 Å². The summed E-state index contributed by atoms with van der Waals surface area (Å²) in [6.07, 6.45) is 2.27. The number of anilines is 2. The predicted molar refractivity (Wildman–Crippen MR) is 113 cm³/mol. The first-order chi connectivity index (χ1) is 14.4. The lowest BCUT2D eigenvalue weighted by molar-refractivity contribution is 0.0168. The molecule has 0 atom stereocenters. The molecule has 0 radical (unpaired) electrons. The molecule has 0 saturated carbocycles. The standard InChI is InChI=1S/C19H17F3IN3O4/c1-2-6-29-24-10-11-8-13(19(28)26-30-7-5-27)18(17(22)16(11)21)25-15-4-3-12(23)9-14(15)20/h2-4,8-10,25,27H,1,5-7H2,(H,26,28)/b24-10+. The number of aliphatic hydroxyl groups excluding tert-OH is 1. The van der Waals surface area contributed by atoms with Crippen molar-refractivity contribution in [1.29, 1.82) is 0 Å². The highest BCUT2D eigenvalue weighted by atomic mass is 127. The van der Waals surface area contributed by atoms with Gasteiger partial charge in [-0.3, -0.25) is 9.63 Å². The van der Waals surface area contributed by atoms with Crippen molar-refractivity contribution in [3.8, 4) is 0 Å². The maximum atomic E-state index is 14.8. The quantitative estimate of drug-likeness (QED) is 0.142. The molecule has 1 amide bonds. The third-order valence-corrected chi connectivity index (χ3v) is 4.16. The van der Waals surface area contributed by atoms with Gasteiger partial charge in [-0.2, -0.15) is 0 Å². The molecule has 0 aliphatic carbocycles. The number of hydroxylamine groups is 1. The van der Waals surface area contributed by atoms with E-state index >= 15 is 0 Å². The largest absolute Gasteiger partial charge is 0.394 e. The number of oxime groups is 1. The molecule has 11 heteroatoms. The van der Waals surface area contributed by atoms with Crippen LogP contribution in [0.4, 0.5) is 24.5 Å². The molecule has 0 heterocycles. The monoisotopic (exact) mass is 535 g/mol. The smallest absolute Gasteiger partial charge is 0.277 e. The Bertz CT molecular complexity index is 957. The zero-order chi connectivity index (χ0) is 22.1. The Labute approximate surface area is 183 Å². The molecule has 2 aromatic rings. The molecule has 160 valence electrons. The number of carbonyl (C=O) groups excluding carboxylic acids is 1. The van der Waals surface area contributed by atoms with Gasteiger partial charge in [0.25, 0.3) is 5.91 Å². The van der Waals surface area contributed by atoms with Crippen LogP contribution in [0.5, 0.6) is 0 Å². The first-order valence-electron chi connectivity index (χ1n) is 8.42. The van der Waals surface area contributed by atoms with E-state index in [0.29, 0.717) is 3.57 Å². The fraction of sp³-hybridized carbons (Fsp3) is 0.158. The van der Waals surface area contributed by atoms with Crippen LogP contribution in [0.1, 0.15) is 15.9 Å². The second kappa shape index (κ2) is 11.5. The number of rotatable bonds is 10. The number of amides is 1. The summed E-state index contributed by atoms with van der Waals surface area (Å²) in [5.74, 6) is -4.46. The number of carbonyl (C=O) groups is 1. The Hall–Kier alpha value is -2.64. The lowest BCUT2D eigenvalue weighted by atomic mass is 10.1. The Kier molecular flexibility index (Phi) is 9.08. The number of benzene rings is 2. The summed E-state index contributed by atoms with van der Waals surface area (Å²) in [6, 6.07) is 5.03. The molecule has 0 unspecified atom stereocenters. The number of nitrogens with zero attached hydrogens (tertiary/aromatic N) is 1. The Morgan fingerprint density at radius 1 is 1.27 bits per heavy atom. The first kappa shape index (κ1) is 23.6. The van der Waals surface area contributed by atoms with Gasteiger partial charge in [-0.1, -0.05) is 17.8 Å². The maximum absolute atomic E-state index is 14.8. The summed E-state index contributed by atoms with van der Waals surface area (Å²) in [7, 11) is 0. The molecule has 0 spiro atoms. The second-order valence-corrected chi connectivity index (χ2v) is 6.83. The third kappa shape index (κ3) is 6.18. The minimum absolute atomic E-state index is 0.0364. The van der Waals surface area contributed by atoms with Crippen LogP contribution >= 0.6 is 22.6 Å². The molecule has 2 aromatic carbocycles. The van der Waals surface area contributed by atoms with Crippen LogP contribution in [0.2, 0.25) is 0 Å². The number of halogens is 4. The number of aliphatic hydroxyl groups is 1. The van der Waals surface area contributed by atoms with Crippen molar-refractivity contribution in [3.05, 3.63) is 69.1 Å². The van der Waals surface area contributed by atoms with Crippen molar-refractivity contribution < 1.29 is 32.7 Å². The molecule has 0 aliphatic rings. The lowest BCUT2D eigenvalue weighted by Crippen LogP contribution is -2.26. The van der Waals surface area contributed by atoms with E-state index in [1.54, 1.807) is 6.07 Å². The van der Waals surface area contributed by atoms with Gasteiger partial charge < -0.3 is 15.3 Å². The minimum Gasteiger partial charge on any atom is -0.394 e. The van der Waals surface area contributed by atoms with Gasteiger partial charge in [0.1, 0.15) is 12.4 Å². The van der Waals surface area contributed by atoms with Crippen LogP contribution in [0.3, 0.4) is 0 Å². The van der Waals surface area contributed by atoms with Gasteiger partial charge in [0.15, 0.2) is 11.6 Å².